The molecule has 0 aliphatic heterocycles. The molecule has 1 amide bonds. The smallest absolute Gasteiger partial charge is 0.317 e. The maximum Gasteiger partial charge on any atom is 0.317 e. The number of carbonyl (C=O) groups excluding carboxylic acids is 1. The summed E-state index contributed by atoms with van der Waals surface area (Å²) in [5.74, 6) is -3.77. The van der Waals surface area contributed by atoms with E-state index in [4.69, 9.17) is 10.8 Å². The van der Waals surface area contributed by atoms with Gasteiger partial charge in [-0.05, 0) is 36.1 Å². The number of nitrogens with zero attached hydrogens (tertiary/aromatic N) is 2. The van der Waals surface area contributed by atoms with Gasteiger partial charge in [0.2, 0.25) is 5.91 Å². The molecule has 0 heterocycles. The van der Waals surface area contributed by atoms with Crippen LogP contribution >= 0.6 is 0 Å². The maximum absolute atomic E-state index is 11.5. The molecule has 2 aromatic rings. The molecule has 0 unspecified atom stereocenters. The molecule has 0 radical (unpaired) electrons. The van der Waals surface area contributed by atoms with E-state index in [2.05, 4.69) is 0 Å². The quantitative estimate of drug-likeness (QED) is 0.170. The lowest BCUT2D eigenvalue weighted by Gasteiger charge is -2.26. The zero-order valence-corrected chi connectivity index (χ0v) is 20.9. The molecule has 0 aliphatic carbocycles. The number of hydrogen-bond acceptors (Lipinski definition) is 8. The van der Waals surface area contributed by atoms with Crippen LogP contribution in [0.5, 0.6) is 11.5 Å². The van der Waals surface area contributed by atoms with E-state index in [-0.39, 0.29) is 70.0 Å². The topological polar surface area (TPSA) is 202 Å². The highest BCUT2D eigenvalue weighted by Gasteiger charge is 2.18. The molecule has 38 heavy (non-hydrogen) atoms. The number of phenolic OH excluding ortho intramolecular Hbond substituents is 2. The van der Waals surface area contributed by atoms with E-state index in [9.17, 15) is 39.6 Å². The summed E-state index contributed by atoms with van der Waals surface area (Å²) in [6, 6.07) is 9.43. The van der Waals surface area contributed by atoms with Crippen molar-refractivity contribution in [1.29, 1.82) is 0 Å². The normalized spacial score (nSPS) is 11.1. The molecule has 0 saturated heterocycles. The summed E-state index contributed by atoms with van der Waals surface area (Å²) < 4.78 is 0. The molecule has 2 aromatic carbocycles. The number of primary amides is 1. The zero-order chi connectivity index (χ0) is 28.2. The first-order valence-corrected chi connectivity index (χ1v) is 11.9. The number of aromatic hydroxyl groups is 2. The monoisotopic (exact) mass is 531 g/mol. The first-order chi connectivity index (χ1) is 17.9. The third-order valence-corrected chi connectivity index (χ3v) is 5.81. The summed E-state index contributed by atoms with van der Waals surface area (Å²) in [5, 5.41) is 48.3. The largest absolute Gasteiger partial charge is 0.508 e. The molecule has 0 bridgehead atoms. The van der Waals surface area contributed by atoms with Gasteiger partial charge in [0.05, 0.1) is 13.1 Å². The minimum atomic E-state index is -1.11. The Morgan fingerprint density at radius 1 is 0.658 bits per heavy atom. The van der Waals surface area contributed by atoms with Crippen LogP contribution in [0.15, 0.2) is 36.4 Å². The first kappa shape index (κ1) is 30.1. The molecule has 0 saturated carbocycles. The number of nitrogens with two attached hydrogens (primary N) is 1. The molecule has 2 rings (SSSR count). The fourth-order valence-electron chi connectivity index (χ4n) is 3.94. The molecular weight excluding hydrogens is 498 g/mol. The molecule has 206 valence electrons. The van der Waals surface area contributed by atoms with Crippen molar-refractivity contribution in [2.45, 2.75) is 38.8 Å². The van der Waals surface area contributed by atoms with E-state index in [1.165, 1.54) is 21.9 Å². The van der Waals surface area contributed by atoms with Crippen molar-refractivity contribution in [3.8, 4) is 11.5 Å². The highest BCUT2D eigenvalue weighted by Crippen LogP contribution is 2.23. The molecule has 0 aromatic heterocycles. The van der Waals surface area contributed by atoms with Crippen LogP contribution in [-0.4, -0.2) is 85.3 Å². The average Bonchev–Trinajstić information content (AvgIpc) is 2.82. The van der Waals surface area contributed by atoms with Gasteiger partial charge in [-0.15, -0.1) is 0 Å². The van der Waals surface area contributed by atoms with Crippen LogP contribution < -0.4 is 5.73 Å². The van der Waals surface area contributed by atoms with Crippen LogP contribution in [0.2, 0.25) is 0 Å². The van der Waals surface area contributed by atoms with E-state index in [1.54, 1.807) is 24.3 Å². The Morgan fingerprint density at radius 2 is 1.08 bits per heavy atom. The second-order valence-electron chi connectivity index (χ2n) is 8.99. The van der Waals surface area contributed by atoms with Crippen LogP contribution in [0, 0.1) is 0 Å². The van der Waals surface area contributed by atoms with Crippen molar-refractivity contribution in [2.75, 3.05) is 26.2 Å². The lowest BCUT2D eigenvalue weighted by atomic mass is 10.0. The van der Waals surface area contributed by atoms with Gasteiger partial charge in [-0.1, -0.05) is 24.3 Å². The van der Waals surface area contributed by atoms with Crippen LogP contribution in [0.4, 0.5) is 0 Å². The lowest BCUT2D eigenvalue weighted by molar-refractivity contribution is -0.140. The number of aryl methyl sites for hydroxylation is 2. The summed E-state index contributed by atoms with van der Waals surface area (Å²) in [6.45, 7) is -0.410. The fraction of sp³-hybridized carbons (Fsp3) is 0.385. The van der Waals surface area contributed by atoms with Crippen molar-refractivity contribution < 1.29 is 44.7 Å². The predicted molar refractivity (Wildman–Crippen MR) is 136 cm³/mol. The second-order valence-corrected chi connectivity index (χ2v) is 8.99. The number of amides is 1. The predicted octanol–water partition coefficient (Wildman–Crippen LogP) is 1.01. The first-order valence-electron chi connectivity index (χ1n) is 11.9. The van der Waals surface area contributed by atoms with Gasteiger partial charge in [0.1, 0.15) is 11.5 Å². The van der Waals surface area contributed by atoms with E-state index >= 15 is 0 Å². The van der Waals surface area contributed by atoms with Gasteiger partial charge in [-0.25, -0.2) is 0 Å². The summed E-state index contributed by atoms with van der Waals surface area (Å²) in [6.07, 6.45) is 0.639. The number of carboxylic acids is 3. The Morgan fingerprint density at radius 3 is 1.45 bits per heavy atom. The third kappa shape index (κ3) is 10.8. The Bertz CT molecular complexity index is 1060. The van der Waals surface area contributed by atoms with Crippen LogP contribution in [0.3, 0.4) is 0 Å². The Kier molecular flexibility index (Phi) is 11.5. The van der Waals surface area contributed by atoms with Crippen molar-refractivity contribution in [3.05, 3.63) is 58.7 Å². The van der Waals surface area contributed by atoms with Crippen LogP contribution in [0.25, 0.3) is 0 Å². The number of carbonyl (C=O) groups is 4. The van der Waals surface area contributed by atoms with Crippen LogP contribution in [0.1, 0.15) is 35.1 Å². The number of benzene rings is 2. The van der Waals surface area contributed by atoms with Gasteiger partial charge < -0.3 is 31.3 Å². The van der Waals surface area contributed by atoms with Crippen molar-refractivity contribution in [3.63, 3.8) is 0 Å². The van der Waals surface area contributed by atoms with Gasteiger partial charge in [0.25, 0.3) is 0 Å². The maximum atomic E-state index is 11.5. The lowest BCUT2D eigenvalue weighted by Crippen LogP contribution is -2.39. The van der Waals surface area contributed by atoms with Gasteiger partial charge in [-0.2, -0.15) is 0 Å². The average molecular weight is 532 g/mol. The summed E-state index contributed by atoms with van der Waals surface area (Å²) >= 11 is 0. The zero-order valence-electron chi connectivity index (χ0n) is 20.9. The molecule has 0 aliphatic rings. The van der Waals surface area contributed by atoms with Crippen LogP contribution in [-0.2, 0) is 45.1 Å². The standard InChI is InChI=1S/C26H33N3O9/c27-23(32)7-3-17-1-5-21(30)19(11-17)13-28(15-25(35)36)9-10-29(16-26(37)38)14-20-12-18(2-6-22(20)31)4-8-24(33)34/h1-2,5-6,11-12,30-31H,3-4,7-10,13-16H2,(H2,27,32)(H,33,34)(H,35,36)(H,37,38). The highest BCUT2D eigenvalue weighted by molar-refractivity contribution is 5.74. The molecule has 12 heteroatoms. The molecule has 7 N–H and O–H groups in total. The fourth-order valence-corrected chi connectivity index (χ4v) is 3.94. The molecule has 12 nitrogen and oxygen atoms in total. The second kappa shape index (κ2) is 14.5. The minimum absolute atomic E-state index is 0.0355. The molecule has 0 spiro atoms. The third-order valence-electron chi connectivity index (χ3n) is 5.81. The number of carboxylic acid groups (broad SMARTS) is 3. The van der Waals surface area contributed by atoms with Crippen molar-refractivity contribution in [2.24, 2.45) is 5.73 Å². The van der Waals surface area contributed by atoms with E-state index in [1.807, 2.05) is 0 Å². The minimum Gasteiger partial charge on any atom is -0.508 e. The van der Waals surface area contributed by atoms with E-state index in [0.29, 0.717) is 23.1 Å². The number of rotatable bonds is 17. The van der Waals surface area contributed by atoms with Gasteiger partial charge in [0, 0.05) is 50.1 Å². The molecular formula is C26H33N3O9. The summed E-state index contributed by atoms with van der Waals surface area (Å²) in [7, 11) is 0. The Balaban J connectivity index is 2.17. The Labute approximate surface area is 219 Å². The summed E-state index contributed by atoms with van der Waals surface area (Å²) in [5.41, 5.74) is 7.48. The van der Waals surface area contributed by atoms with Gasteiger partial charge in [-0.3, -0.25) is 29.0 Å². The van der Waals surface area contributed by atoms with Crippen molar-refractivity contribution >= 4 is 23.8 Å². The van der Waals surface area contributed by atoms with Gasteiger partial charge in [0.15, 0.2) is 0 Å². The number of phenols is 2. The molecule has 0 atom stereocenters. The number of aliphatic carboxylic acids is 3. The molecule has 0 fully saturated rings. The number of hydrogen-bond donors (Lipinski definition) is 6. The van der Waals surface area contributed by atoms with E-state index in [0.717, 1.165) is 5.56 Å². The van der Waals surface area contributed by atoms with Crippen molar-refractivity contribution in [1.82, 2.24) is 9.80 Å². The Hall–Kier alpha value is -4.16. The SMILES string of the molecule is NC(=O)CCc1ccc(O)c(CN(CCN(CC(=O)O)Cc2cc(CCC(=O)O)ccc2O)CC(=O)O)c1. The van der Waals surface area contributed by atoms with E-state index < -0.39 is 23.8 Å². The van der Waals surface area contributed by atoms with Gasteiger partial charge >= 0.3 is 17.9 Å². The summed E-state index contributed by atoms with van der Waals surface area (Å²) in [4.78, 5) is 48.0. The highest BCUT2D eigenvalue weighted by atomic mass is 16.4.